The summed E-state index contributed by atoms with van der Waals surface area (Å²) < 4.78 is 0. The monoisotopic (exact) mass is 268 g/mol. The zero-order chi connectivity index (χ0) is 13.8. The first-order valence-electron chi connectivity index (χ1n) is 7.25. The Hall–Kier alpha value is -1.94. The van der Waals surface area contributed by atoms with E-state index in [-0.39, 0.29) is 0 Å². The van der Waals surface area contributed by atoms with Crippen molar-refractivity contribution in [2.75, 3.05) is 18.4 Å². The Labute approximate surface area is 119 Å². The smallest absolute Gasteiger partial charge is 0.159 e. The highest BCUT2D eigenvalue weighted by Gasteiger charge is 2.24. The zero-order valence-corrected chi connectivity index (χ0v) is 11.5. The predicted octanol–water partition coefficient (Wildman–Crippen LogP) is 2.78. The van der Waals surface area contributed by atoms with E-state index in [1.54, 1.807) is 0 Å². The van der Waals surface area contributed by atoms with Crippen LogP contribution in [0.4, 0.5) is 5.69 Å². The van der Waals surface area contributed by atoms with Crippen molar-refractivity contribution in [3.63, 3.8) is 0 Å². The van der Waals surface area contributed by atoms with Gasteiger partial charge in [-0.25, -0.2) is 9.97 Å². The first-order valence-corrected chi connectivity index (χ1v) is 7.25. The number of hydrogen-bond acceptors (Lipinski definition) is 4. The molecule has 4 heteroatoms. The van der Waals surface area contributed by atoms with E-state index in [2.05, 4.69) is 10.3 Å². The molecule has 1 aliphatic carbocycles. The fourth-order valence-electron chi connectivity index (χ4n) is 2.46. The maximum absolute atomic E-state index is 5.57. The van der Waals surface area contributed by atoms with E-state index >= 15 is 0 Å². The molecular formula is C16H20N4. The van der Waals surface area contributed by atoms with Crippen LogP contribution in [-0.2, 0) is 0 Å². The molecule has 20 heavy (non-hydrogen) atoms. The summed E-state index contributed by atoms with van der Waals surface area (Å²) in [6, 6.07) is 10.1. The van der Waals surface area contributed by atoms with Gasteiger partial charge >= 0.3 is 0 Å². The van der Waals surface area contributed by atoms with Crippen molar-refractivity contribution < 1.29 is 0 Å². The molecule has 0 saturated heterocycles. The highest BCUT2D eigenvalue weighted by atomic mass is 15.0. The fraction of sp³-hybridized carbons (Fsp3) is 0.375. The van der Waals surface area contributed by atoms with Gasteiger partial charge in [0.05, 0.1) is 17.6 Å². The molecule has 1 aromatic carbocycles. The van der Waals surface area contributed by atoms with Crippen molar-refractivity contribution in [3.05, 3.63) is 42.2 Å². The average Bonchev–Trinajstić information content (AvgIpc) is 2.45. The topological polar surface area (TPSA) is 63.8 Å². The van der Waals surface area contributed by atoms with Crippen LogP contribution < -0.4 is 11.1 Å². The minimum Gasteiger partial charge on any atom is -0.381 e. The van der Waals surface area contributed by atoms with E-state index in [4.69, 9.17) is 10.7 Å². The number of aromatic nitrogens is 2. The SMILES string of the molecule is NCCNc1cnc(-c2ccccc2)nc1C1CCC1. The lowest BCUT2D eigenvalue weighted by Crippen LogP contribution is -2.18. The molecule has 1 heterocycles. The standard InChI is InChI=1S/C16H20N4/c17-9-10-18-14-11-19-16(13-5-2-1-3-6-13)20-15(14)12-7-4-8-12/h1-3,5-6,11-12,18H,4,7-10,17H2. The van der Waals surface area contributed by atoms with Gasteiger partial charge in [0.25, 0.3) is 0 Å². The minimum absolute atomic E-state index is 0.570. The Kier molecular flexibility index (Phi) is 3.92. The molecule has 4 nitrogen and oxygen atoms in total. The van der Waals surface area contributed by atoms with Crippen LogP contribution in [0.5, 0.6) is 0 Å². The summed E-state index contributed by atoms with van der Waals surface area (Å²) in [6.45, 7) is 1.37. The van der Waals surface area contributed by atoms with E-state index in [0.29, 0.717) is 12.5 Å². The molecule has 0 radical (unpaired) electrons. The number of benzene rings is 1. The van der Waals surface area contributed by atoms with Crippen molar-refractivity contribution in [2.45, 2.75) is 25.2 Å². The lowest BCUT2D eigenvalue weighted by atomic mass is 9.82. The van der Waals surface area contributed by atoms with Gasteiger partial charge in [-0.15, -0.1) is 0 Å². The van der Waals surface area contributed by atoms with Crippen LogP contribution in [-0.4, -0.2) is 23.1 Å². The van der Waals surface area contributed by atoms with E-state index in [1.807, 2.05) is 36.5 Å². The van der Waals surface area contributed by atoms with Gasteiger partial charge in [0, 0.05) is 24.6 Å². The molecular weight excluding hydrogens is 248 g/mol. The molecule has 2 aromatic rings. The summed E-state index contributed by atoms with van der Waals surface area (Å²) in [4.78, 5) is 9.29. The molecule has 1 aromatic heterocycles. The minimum atomic E-state index is 0.570. The Morgan fingerprint density at radius 2 is 2.00 bits per heavy atom. The molecule has 1 saturated carbocycles. The third kappa shape index (κ3) is 2.65. The van der Waals surface area contributed by atoms with Crippen molar-refractivity contribution in [1.82, 2.24) is 9.97 Å². The third-order valence-electron chi connectivity index (χ3n) is 3.80. The Bertz CT molecular complexity index is 564. The summed E-state index contributed by atoms with van der Waals surface area (Å²) >= 11 is 0. The molecule has 0 aliphatic heterocycles. The summed E-state index contributed by atoms with van der Waals surface area (Å²) in [5, 5.41) is 3.34. The van der Waals surface area contributed by atoms with Crippen molar-refractivity contribution in [3.8, 4) is 11.4 Å². The van der Waals surface area contributed by atoms with E-state index in [9.17, 15) is 0 Å². The maximum atomic E-state index is 5.57. The lowest BCUT2D eigenvalue weighted by Gasteiger charge is -2.27. The van der Waals surface area contributed by atoms with Crippen LogP contribution in [0, 0.1) is 0 Å². The molecule has 0 spiro atoms. The van der Waals surface area contributed by atoms with Crippen LogP contribution >= 0.6 is 0 Å². The van der Waals surface area contributed by atoms with E-state index in [0.717, 1.165) is 29.3 Å². The molecule has 0 atom stereocenters. The largest absolute Gasteiger partial charge is 0.381 e. The van der Waals surface area contributed by atoms with Crippen molar-refractivity contribution >= 4 is 5.69 Å². The first kappa shape index (κ1) is 13.1. The van der Waals surface area contributed by atoms with Crippen LogP contribution in [0.15, 0.2) is 36.5 Å². The highest BCUT2D eigenvalue weighted by molar-refractivity contribution is 5.58. The average molecular weight is 268 g/mol. The second-order valence-corrected chi connectivity index (χ2v) is 5.20. The van der Waals surface area contributed by atoms with E-state index in [1.165, 1.54) is 19.3 Å². The molecule has 0 unspecified atom stereocenters. The molecule has 1 fully saturated rings. The van der Waals surface area contributed by atoms with Gasteiger partial charge in [0.1, 0.15) is 0 Å². The van der Waals surface area contributed by atoms with Gasteiger partial charge in [-0.3, -0.25) is 0 Å². The van der Waals surface area contributed by atoms with Crippen molar-refractivity contribution in [1.29, 1.82) is 0 Å². The predicted molar refractivity (Wildman–Crippen MR) is 81.6 cm³/mol. The number of nitrogens with two attached hydrogens (primary N) is 1. The number of rotatable bonds is 5. The quantitative estimate of drug-likeness (QED) is 0.875. The van der Waals surface area contributed by atoms with Gasteiger partial charge in [-0.1, -0.05) is 36.8 Å². The number of anilines is 1. The van der Waals surface area contributed by atoms with Gasteiger partial charge < -0.3 is 11.1 Å². The number of hydrogen-bond donors (Lipinski definition) is 2. The normalized spacial score (nSPS) is 14.8. The molecule has 0 bridgehead atoms. The Morgan fingerprint density at radius 3 is 2.65 bits per heavy atom. The number of nitrogens with one attached hydrogen (secondary N) is 1. The lowest BCUT2D eigenvalue weighted by molar-refractivity contribution is 0.412. The maximum Gasteiger partial charge on any atom is 0.159 e. The summed E-state index contributed by atoms with van der Waals surface area (Å²) in [5.74, 6) is 1.38. The number of nitrogens with zero attached hydrogens (tertiary/aromatic N) is 2. The molecule has 104 valence electrons. The summed E-state index contributed by atoms with van der Waals surface area (Å²) in [7, 11) is 0. The van der Waals surface area contributed by atoms with Crippen LogP contribution in [0.3, 0.4) is 0 Å². The third-order valence-corrected chi connectivity index (χ3v) is 3.80. The molecule has 3 N–H and O–H groups in total. The Morgan fingerprint density at radius 1 is 1.20 bits per heavy atom. The van der Waals surface area contributed by atoms with Crippen LogP contribution in [0.1, 0.15) is 30.9 Å². The van der Waals surface area contributed by atoms with Crippen LogP contribution in [0.25, 0.3) is 11.4 Å². The van der Waals surface area contributed by atoms with Crippen molar-refractivity contribution in [2.24, 2.45) is 5.73 Å². The van der Waals surface area contributed by atoms with Gasteiger partial charge in [-0.05, 0) is 12.8 Å². The zero-order valence-electron chi connectivity index (χ0n) is 11.5. The summed E-state index contributed by atoms with van der Waals surface area (Å²) in [6.07, 6.45) is 5.65. The molecule has 3 rings (SSSR count). The molecule has 0 amide bonds. The van der Waals surface area contributed by atoms with E-state index < -0.39 is 0 Å². The molecule has 1 aliphatic rings. The van der Waals surface area contributed by atoms with Crippen LogP contribution in [0.2, 0.25) is 0 Å². The first-order chi connectivity index (χ1) is 9.88. The van der Waals surface area contributed by atoms with Gasteiger partial charge in [0.15, 0.2) is 5.82 Å². The Balaban J connectivity index is 1.94. The second kappa shape index (κ2) is 6.01. The fourth-order valence-corrected chi connectivity index (χ4v) is 2.46. The highest BCUT2D eigenvalue weighted by Crippen LogP contribution is 2.39. The second-order valence-electron chi connectivity index (χ2n) is 5.20. The van der Waals surface area contributed by atoms with Gasteiger partial charge in [-0.2, -0.15) is 0 Å². The summed E-state index contributed by atoms with van der Waals surface area (Å²) in [5.41, 5.74) is 8.83. The van der Waals surface area contributed by atoms with Gasteiger partial charge in [0.2, 0.25) is 0 Å².